The Morgan fingerprint density at radius 2 is 1.86 bits per heavy atom. The highest BCUT2D eigenvalue weighted by Gasteiger charge is 2.35. The molecule has 0 spiro atoms. The Bertz CT molecular complexity index is 1730. The molecule has 2 aromatic heterocycles. The van der Waals surface area contributed by atoms with E-state index in [2.05, 4.69) is 10.3 Å². The van der Waals surface area contributed by atoms with Crippen LogP contribution >= 0.6 is 11.6 Å². The summed E-state index contributed by atoms with van der Waals surface area (Å²) in [6.45, 7) is 1.13. The Morgan fingerprint density at radius 3 is 2.45 bits per heavy atom. The van der Waals surface area contributed by atoms with Gasteiger partial charge in [0.1, 0.15) is 5.65 Å². The number of carbonyl (C=O) groups excluding carboxylic acids is 1. The first-order valence-corrected chi connectivity index (χ1v) is 15.5. The summed E-state index contributed by atoms with van der Waals surface area (Å²) in [6.07, 6.45) is -0.120. The number of benzene rings is 2. The summed E-state index contributed by atoms with van der Waals surface area (Å²) in [7, 11) is -3.39. The van der Waals surface area contributed by atoms with E-state index < -0.39 is 40.1 Å². The molecule has 1 amide bonds. The average molecular weight is 620 g/mol. The third kappa shape index (κ3) is 6.04. The first-order valence-electron chi connectivity index (χ1n) is 13.5. The molecule has 0 unspecified atom stereocenters. The lowest BCUT2D eigenvalue weighted by atomic mass is 9.81. The van der Waals surface area contributed by atoms with Gasteiger partial charge in [-0.05, 0) is 60.4 Å². The van der Waals surface area contributed by atoms with Crippen molar-refractivity contribution in [1.29, 1.82) is 0 Å². The molecule has 1 atom stereocenters. The number of halogens is 4. The minimum atomic E-state index is -4.57. The van der Waals surface area contributed by atoms with Gasteiger partial charge in [0.2, 0.25) is 0 Å². The minimum absolute atomic E-state index is 0.000865. The van der Waals surface area contributed by atoms with Crippen molar-refractivity contribution in [1.82, 2.24) is 14.7 Å². The van der Waals surface area contributed by atoms with Gasteiger partial charge in [-0.1, -0.05) is 43.1 Å². The molecular formula is C30H29ClF3N3O4S. The fraction of sp³-hybridized carbons (Fsp3) is 0.333. The standard InChI is InChI=1S/C30H29ClF3N3O4S/c1-2-42(40,41)23-10-7-18(8-11-23)26(17-38)36-29(39)21-12-13-37-27(15-21)35-25(28(37)19-4-3-5-19)14-20-6-9-22(31)16-24(20)30(32,33)34/h6-13,15-16,19,26,38H,2-5,14,17H2,1H3,(H,36,39)/t26-/m1/s1. The summed E-state index contributed by atoms with van der Waals surface area (Å²) in [5.41, 5.74) is 1.82. The van der Waals surface area contributed by atoms with Crippen LogP contribution in [-0.4, -0.2) is 41.2 Å². The first-order chi connectivity index (χ1) is 19.9. The molecule has 5 rings (SSSR count). The number of aromatic nitrogens is 2. The van der Waals surface area contributed by atoms with Crippen LogP contribution in [0.5, 0.6) is 0 Å². The zero-order valence-corrected chi connectivity index (χ0v) is 24.2. The Morgan fingerprint density at radius 1 is 1.14 bits per heavy atom. The van der Waals surface area contributed by atoms with Gasteiger partial charge >= 0.3 is 6.18 Å². The lowest BCUT2D eigenvalue weighted by Gasteiger charge is -2.26. The van der Waals surface area contributed by atoms with E-state index >= 15 is 0 Å². The van der Waals surface area contributed by atoms with Crippen LogP contribution in [0.25, 0.3) is 5.65 Å². The second-order valence-corrected chi connectivity index (χ2v) is 13.1. The van der Waals surface area contributed by atoms with Crippen molar-refractivity contribution in [3.63, 3.8) is 0 Å². The fourth-order valence-corrected chi connectivity index (χ4v) is 6.25. The van der Waals surface area contributed by atoms with E-state index in [0.717, 1.165) is 31.0 Å². The van der Waals surface area contributed by atoms with Gasteiger partial charge in [-0.15, -0.1) is 0 Å². The van der Waals surface area contributed by atoms with E-state index in [9.17, 15) is 31.5 Å². The number of rotatable bonds is 9. The number of carbonyl (C=O) groups is 1. The third-order valence-corrected chi connectivity index (χ3v) is 9.72. The van der Waals surface area contributed by atoms with E-state index in [0.29, 0.717) is 16.9 Å². The van der Waals surface area contributed by atoms with Crippen LogP contribution < -0.4 is 5.32 Å². The quantitative estimate of drug-likeness (QED) is 0.235. The molecule has 1 saturated carbocycles. The summed E-state index contributed by atoms with van der Waals surface area (Å²) in [4.78, 5) is 18.0. The number of aliphatic hydroxyl groups is 1. The smallest absolute Gasteiger partial charge is 0.394 e. The molecule has 2 N–H and O–H groups in total. The second kappa shape index (κ2) is 11.7. The molecule has 1 fully saturated rings. The highest BCUT2D eigenvalue weighted by atomic mass is 35.5. The van der Waals surface area contributed by atoms with Crippen LogP contribution in [-0.2, 0) is 22.4 Å². The Hall–Kier alpha value is -3.41. The zero-order valence-electron chi connectivity index (χ0n) is 22.7. The number of hydrogen-bond acceptors (Lipinski definition) is 5. The molecule has 12 heteroatoms. The predicted molar refractivity (Wildman–Crippen MR) is 153 cm³/mol. The summed E-state index contributed by atoms with van der Waals surface area (Å²) in [6, 6.07) is 12.1. The maximum absolute atomic E-state index is 13.8. The molecule has 0 saturated heterocycles. The number of fused-ring (bicyclic) bond motifs is 1. The Kier molecular flexibility index (Phi) is 8.37. The van der Waals surface area contributed by atoms with Crippen LogP contribution in [0.15, 0.2) is 65.7 Å². The molecule has 0 aliphatic heterocycles. The molecule has 222 valence electrons. The van der Waals surface area contributed by atoms with Crippen LogP contribution in [0.2, 0.25) is 5.02 Å². The number of hydrogen-bond donors (Lipinski definition) is 2. The maximum atomic E-state index is 13.8. The van der Waals surface area contributed by atoms with Crippen LogP contribution in [0.1, 0.15) is 76.6 Å². The van der Waals surface area contributed by atoms with Gasteiger partial charge in [0, 0.05) is 34.8 Å². The van der Waals surface area contributed by atoms with Crippen molar-refractivity contribution in [3.05, 3.63) is 99.5 Å². The Labute approximate surface area is 246 Å². The topological polar surface area (TPSA) is 101 Å². The van der Waals surface area contributed by atoms with Crippen molar-refractivity contribution in [3.8, 4) is 0 Å². The van der Waals surface area contributed by atoms with E-state index in [1.54, 1.807) is 37.4 Å². The minimum Gasteiger partial charge on any atom is -0.394 e. The molecule has 42 heavy (non-hydrogen) atoms. The maximum Gasteiger partial charge on any atom is 0.416 e. The first kappa shape index (κ1) is 30.1. The van der Waals surface area contributed by atoms with Gasteiger partial charge in [0.15, 0.2) is 9.84 Å². The molecule has 4 aromatic rings. The predicted octanol–water partition coefficient (Wildman–Crippen LogP) is 6.12. The normalized spacial score (nSPS) is 15.0. The molecule has 0 radical (unpaired) electrons. The van der Waals surface area contributed by atoms with Crippen LogP contribution in [0, 0.1) is 0 Å². The van der Waals surface area contributed by atoms with Gasteiger partial charge in [-0.2, -0.15) is 13.2 Å². The second-order valence-electron chi connectivity index (χ2n) is 10.4. The molecule has 2 heterocycles. The third-order valence-electron chi connectivity index (χ3n) is 7.74. The van der Waals surface area contributed by atoms with Crippen molar-refractivity contribution in [2.75, 3.05) is 12.4 Å². The van der Waals surface area contributed by atoms with Gasteiger partial charge < -0.3 is 14.8 Å². The number of pyridine rings is 1. The number of nitrogens with zero attached hydrogens (tertiary/aromatic N) is 2. The summed E-state index contributed by atoms with van der Waals surface area (Å²) >= 11 is 5.87. The number of sulfone groups is 1. The summed E-state index contributed by atoms with van der Waals surface area (Å²) in [5.74, 6) is -0.390. The molecular weight excluding hydrogens is 591 g/mol. The van der Waals surface area contributed by atoms with E-state index in [1.165, 1.54) is 24.3 Å². The van der Waals surface area contributed by atoms with E-state index in [4.69, 9.17) is 11.6 Å². The van der Waals surface area contributed by atoms with Crippen LogP contribution in [0.3, 0.4) is 0 Å². The molecule has 1 aliphatic rings. The molecule has 1 aliphatic carbocycles. The van der Waals surface area contributed by atoms with E-state index in [-0.39, 0.29) is 39.1 Å². The fourth-order valence-electron chi connectivity index (χ4n) is 5.19. The van der Waals surface area contributed by atoms with Gasteiger partial charge in [0.25, 0.3) is 5.91 Å². The van der Waals surface area contributed by atoms with Crippen molar-refractivity contribution < 1.29 is 31.5 Å². The summed E-state index contributed by atoms with van der Waals surface area (Å²) < 4.78 is 67.4. The number of aliphatic hydroxyl groups excluding tert-OH is 1. The lowest BCUT2D eigenvalue weighted by Crippen LogP contribution is -2.30. The van der Waals surface area contributed by atoms with Crippen molar-refractivity contribution in [2.45, 2.75) is 55.6 Å². The Balaban J connectivity index is 1.44. The number of nitrogens with one attached hydrogen (secondary N) is 1. The van der Waals surface area contributed by atoms with Gasteiger partial charge in [0.05, 0.1) is 34.6 Å². The summed E-state index contributed by atoms with van der Waals surface area (Å²) in [5, 5.41) is 12.7. The number of imidazole rings is 1. The van der Waals surface area contributed by atoms with Crippen LogP contribution in [0.4, 0.5) is 13.2 Å². The van der Waals surface area contributed by atoms with Gasteiger partial charge in [-0.25, -0.2) is 13.4 Å². The number of alkyl halides is 3. The highest BCUT2D eigenvalue weighted by Crippen LogP contribution is 2.40. The largest absolute Gasteiger partial charge is 0.416 e. The SMILES string of the molecule is CCS(=O)(=O)c1ccc([C@@H](CO)NC(=O)c2ccn3c(C4CCC4)c(Cc4ccc(Cl)cc4C(F)(F)F)nc3c2)cc1. The van der Waals surface area contributed by atoms with Gasteiger partial charge in [-0.3, -0.25) is 4.79 Å². The van der Waals surface area contributed by atoms with E-state index in [1.807, 2.05) is 4.40 Å². The van der Waals surface area contributed by atoms with Crippen molar-refractivity contribution >= 4 is 33.0 Å². The molecule has 2 aromatic carbocycles. The molecule has 0 bridgehead atoms. The molecule has 7 nitrogen and oxygen atoms in total. The highest BCUT2D eigenvalue weighted by molar-refractivity contribution is 7.91. The number of amides is 1. The zero-order chi connectivity index (χ0) is 30.2. The van der Waals surface area contributed by atoms with Crippen molar-refractivity contribution in [2.24, 2.45) is 0 Å². The monoisotopic (exact) mass is 619 g/mol. The average Bonchev–Trinajstić information content (AvgIpc) is 3.27. The lowest BCUT2D eigenvalue weighted by molar-refractivity contribution is -0.138.